The summed E-state index contributed by atoms with van der Waals surface area (Å²) in [4.78, 5) is 16.9. The molecule has 0 N–H and O–H groups in total. The standard InChI is InChI=1S/C17H23NOS/c1-10(2)15(19)16-18-14(9-20-16)17-6-11-3-12(7-17)5-13(4-11)8-17/h9-13H,3-8H2,1-2H3. The van der Waals surface area contributed by atoms with Crippen molar-refractivity contribution in [3.05, 3.63) is 16.1 Å². The topological polar surface area (TPSA) is 30.0 Å². The molecule has 1 aromatic heterocycles. The molecule has 1 aromatic rings. The SMILES string of the molecule is CC(C)C(=O)c1nc(C23CC4CC(CC(C4)C2)C3)cs1. The van der Waals surface area contributed by atoms with E-state index in [1.807, 2.05) is 13.8 Å². The van der Waals surface area contributed by atoms with Crippen molar-refractivity contribution < 1.29 is 4.79 Å². The van der Waals surface area contributed by atoms with Crippen LogP contribution in [0.15, 0.2) is 5.38 Å². The van der Waals surface area contributed by atoms with Crippen molar-refractivity contribution in [3.8, 4) is 0 Å². The Morgan fingerprint density at radius 3 is 2.25 bits per heavy atom. The maximum absolute atomic E-state index is 12.1. The quantitative estimate of drug-likeness (QED) is 0.769. The van der Waals surface area contributed by atoms with Crippen molar-refractivity contribution in [2.45, 2.75) is 57.8 Å². The highest BCUT2D eigenvalue weighted by Gasteiger charge is 2.52. The zero-order valence-corrected chi connectivity index (χ0v) is 13.2. The average Bonchev–Trinajstić information content (AvgIpc) is 2.86. The lowest BCUT2D eigenvalue weighted by Crippen LogP contribution is -2.48. The molecule has 0 atom stereocenters. The fourth-order valence-electron chi connectivity index (χ4n) is 5.30. The van der Waals surface area contributed by atoms with Crippen molar-refractivity contribution in [3.63, 3.8) is 0 Å². The molecule has 4 aliphatic carbocycles. The van der Waals surface area contributed by atoms with Crippen molar-refractivity contribution in [1.29, 1.82) is 0 Å². The van der Waals surface area contributed by atoms with Gasteiger partial charge < -0.3 is 0 Å². The highest BCUT2D eigenvalue weighted by atomic mass is 32.1. The summed E-state index contributed by atoms with van der Waals surface area (Å²) in [6.45, 7) is 3.93. The number of aromatic nitrogens is 1. The van der Waals surface area contributed by atoms with Gasteiger partial charge in [-0.3, -0.25) is 4.79 Å². The van der Waals surface area contributed by atoms with Crippen LogP contribution in [-0.2, 0) is 5.41 Å². The highest BCUT2D eigenvalue weighted by Crippen LogP contribution is 2.60. The maximum atomic E-state index is 12.1. The molecule has 0 amide bonds. The van der Waals surface area contributed by atoms with Gasteiger partial charge in [-0.15, -0.1) is 11.3 Å². The van der Waals surface area contributed by atoms with Crippen molar-refractivity contribution >= 4 is 17.1 Å². The van der Waals surface area contributed by atoms with Gasteiger partial charge in [-0.05, 0) is 56.3 Å². The summed E-state index contributed by atoms with van der Waals surface area (Å²) < 4.78 is 0. The van der Waals surface area contributed by atoms with Gasteiger partial charge in [0.05, 0.1) is 5.69 Å². The zero-order valence-electron chi connectivity index (χ0n) is 12.4. The molecule has 0 saturated heterocycles. The second-order valence-corrected chi connectivity index (χ2v) is 8.61. The van der Waals surface area contributed by atoms with Crippen LogP contribution in [0.1, 0.15) is 67.9 Å². The third kappa shape index (κ3) is 1.89. The first kappa shape index (κ1) is 13.0. The molecule has 1 heterocycles. The van der Waals surface area contributed by atoms with E-state index in [1.165, 1.54) is 44.2 Å². The Labute approximate surface area is 125 Å². The predicted molar refractivity (Wildman–Crippen MR) is 81.1 cm³/mol. The number of Topliss-reactive ketones (excluding diaryl/α,β-unsaturated/α-hetero) is 1. The normalized spacial score (nSPS) is 38.6. The lowest BCUT2D eigenvalue weighted by molar-refractivity contribution is -0.00696. The molecule has 0 spiro atoms. The van der Waals surface area contributed by atoms with Crippen molar-refractivity contribution in [1.82, 2.24) is 4.98 Å². The van der Waals surface area contributed by atoms with Crippen LogP contribution in [0.5, 0.6) is 0 Å². The Hall–Kier alpha value is -0.700. The molecule has 5 rings (SSSR count). The van der Waals surface area contributed by atoms with E-state index in [9.17, 15) is 4.79 Å². The number of thiazole rings is 1. The van der Waals surface area contributed by atoms with E-state index in [2.05, 4.69) is 5.38 Å². The molecule has 4 saturated carbocycles. The average molecular weight is 289 g/mol. The zero-order chi connectivity index (χ0) is 13.9. The van der Waals surface area contributed by atoms with Crippen LogP contribution in [0.3, 0.4) is 0 Å². The van der Waals surface area contributed by atoms with Gasteiger partial charge in [-0.1, -0.05) is 13.8 Å². The third-order valence-corrected chi connectivity index (χ3v) is 6.68. The molecule has 0 aromatic carbocycles. The summed E-state index contributed by atoms with van der Waals surface area (Å²) in [5.41, 5.74) is 1.59. The van der Waals surface area contributed by atoms with E-state index in [-0.39, 0.29) is 11.7 Å². The molecule has 4 fully saturated rings. The third-order valence-electron chi connectivity index (χ3n) is 5.82. The summed E-state index contributed by atoms with van der Waals surface area (Å²) in [5.74, 6) is 3.09. The van der Waals surface area contributed by atoms with E-state index in [1.54, 1.807) is 11.3 Å². The van der Waals surface area contributed by atoms with E-state index in [4.69, 9.17) is 4.98 Å². The van der Waals surface area contributed by atoms with Crippen molar-refractivity contribution in [2.24, 2.45) is 23.7 Å². The summed E-state index contributed by atoms with van der Waals surface area (Å²) in [7, 11) is 0. The monoisotopic (exact) mass is 289 g/mol. The number of rotatable bonds is 3. The van der Waals surface area contributed by atoms with E-state index in [0.29, 0.717) is 5.41 Å². The summed E-state index contributed by atoms with van der Waals surface area (Å²) in [6.07, 6.45) is 8.37. The first-order valence-electron chi connectivity index (χ1n) is 8.06. The van der Waals surface area contributed by atoms with Gasteiger partial charge in [0.2, 0.25) is 0 Å². The Morgan fingerprint density at radius 1 is 1.20 bits per heavy atom. The second kappa shape index (κ2) is 4.40. The molecular formula is C17H23NOS. The first-order chi connectivity index (χ1) is 9.56. The van der Waals surface area contributed by atoms with Gasteiger partial charge in [0, 0.05) is 16.7 Å². The van der Waals surface area contributed by atoms with Gasteiger partial charge in [0.1, 0.15) is 0 Å². The largest absolute Gasteiger partial charge is 0.291 e. The van der Waals surface area contributed by atoms with E-state index < -0.39 is 0 Å². The Morgan fingerprint density at radius 2 is 1.75 bits per heavy atom. The van der Waals surface area contributed by atoms with E-state index in [0.717, 1.165) is 22.8 Å². The summed E-state index contributed by atoms with van der Waals surface area (Å²) >= 11 is 1.57. The molecule has 2 nitrogen and oxygen atoms in total. The summed E-state index contributed by atoms with van der Waals surface area (Å²) in [6, 6.07) is 0. The minimum absolute atomic E-state index is 0.0605. The lowest BCUT2D eigenvalue weighted by atomic mass is 9.49. The Kier molecular flexibility index (Phi) is 2.86. The Balaban J connectivity index is 1.66. The van der Waals surface area contributed by atoms with Gasteiger partial charge >= 0.3 is 0 Å². The fraction of sp³-hybridized carbons (Fsp3) is 0.765. The molecule has 4 aliphatic rings. The number of carbonyl (C=O) groups is 1. The van der Waals surface area contributed by atoms with Crippen LogP contribution in [0.25, 0.3) is 0 Å². The Bertz CT molecular complexity index is 510. The minimum atomic E-state index is 0.0605. The predicted octanol–water partition coefficient (Wildman–Crippen LogP) is 4.45. The van der Waals surface area contributed by atoms with Gasteiger partial charge in [0.25, 0.3) is 0 Å². The van der Waals surface area contributed by atoms with Gasteiger partial charge in [-0.2, -0.15) is 0 Å². The number of hydrogen-bond donors (Lipinski definition) is 0. The molecular weight excluding hydrogens is 266 g/mol. The molecule has 20 heavy (non-hydrogen) atoms. The van der Waals surface area contributed by atoms with Crippen LogP contribution in [-0.4, -0.2) is 10.8 Å². The van der Waals surface area contributed by atoms with Gasteiger partial charge in [0.15, 0.2) is 10.8 Å². The number of nitrogens with zero attached hydrogens (tertiary/aromatic N) is 1. The van der Waals surface area contributed by atoms with Crippen LogP contribution >= 0.6 is 11.3 Å². The number of ketones is 1. The highest BCUT2D eigenvalue weighted by molar-refractivity contribution is 7.11. The molecule has 0 radical (unpaired) electrons. The minimum Gasteiger partial charge on any atom is -0.291 e. The first-order valence-corrected chi connectivity index (χ1v) is 8.94. The van der Waals surface area contributed by atoms with Gasteiger partial charge in [-0.25, -0.2) is 4.98 Å². The van der Waals surface area contributed by atoms with Crippen LogP contribution < -0.4 is 0 Å². The van der Waals surface area contributed by atoms with Crippen LogP contribution in [0.2, 0.25) is 0 Å². The number of hydrogen-bond acceptors (Lipinski definition) is 3. The molecule has 0 aliphatic heterocycles. The number of carbonyl (C=O) groups excluding carboxylic acids is 1. The second-order valence-electron chi connectivity index (χ2n) is 7.75. The molecule has 0 unspecified atom stereocenters. The fourth-order valence-corrected chi connectivity index (χ4v) is 6.33. The molecule has 3 heteroatoms. The molecule has 4 bridgehead atoms. The lowest BCUT2D eigenvalue weighted by Gasteiger charge is -2.56. The smallest absolute Gasteiger partial charge is 0.193 e. The van der Waals surface area contributed by atoms with Crippen molar-refractivity contribution in [2.75, 3.05) is 0 Å². The van der Waals surface area contributed by atoms with E-state index >= 15 is 0 Å². The summed E-state index contributed by atoms with van der Waals surface area (Å²) in [5, 5.41) is 2.94. The maximum Gasteiger partial charge on any atom is 0.193 e. The van der Waals surface area contributed by atoms with Crippen LogP contribution in [0.4, 0.5) is 0 Å². The molecule has 108 valence electrons. The van der Waals surface area contributed by atoms with Crippen LogP contribution in [0, 0.1) is 23.7 Å².